The van der Waals surface area contributed by atoms with Crippen molar-refractivity contribution < 1.29 is 4.79 Å². The van der Waals surface area contributed by atoms with Crippen molar-refractivity contribution in [2.75, 3.05) is 11.4 Å². The number of hydrogen-bond acceptors (Lipinski definition) is 3. The highest BCUT2D eigenvalue weighted by molar-refractivity contribution is 5.94. The molecule has 0 aliphatic carbocycles. The van der Waals surface area contributed by atoms with Crippen LogP contribution < -0.4 is 4.90 Å². The molecule has 0 saturated heterocycles. The lowest BCUT2D eigenvalue weighted by Gasteiger charge is -2.19. The van der Waals surface area contributed by atoms with E-state index in [0.29, 0.717) is 0 Å². The topological polar surface area (TPSA) is 38.1 Å². The van der Waals surface area contributed by atoms with Crippen molar-refractivity contribution in [2.45, 2.75) is 33.2 Å². The lowest BCUT2D eigenvalue weighted by molar-refractivity contribution is 0.101. The van der Waals surface area contributed by atoms with Crippen LogP contribution >= 0.6 is 0 Å². The van der Waals surface area contributed by atoms with E-state index < -0.39 is 0 Å². The zero-order valence-corrected chi connectivity index (χ0v) is 12.9. The minimum atomic E-state index is 0.135. The lowest BCUT2D eigenvalue weighted by atomic mass is 10.1. The van der Waals surface area contributed by atoms with Crippen molar-refractivity contribution in [2.24, 2.45) is 7.05 Å². The van der Waals surface area contributed by atoms with E-state index in [2.05, 4.69) is 29.1 Å². The summed E-state index contributed by atoms with van der Waals surface area (Å²) >= 11 is 0. The fraction of sp³-hybridized carbons (Fsp3) is 0.412. The van der Waals surface area contributed by atoms with Gasteiger partial charge in [0, 0.05) is 24.8 Å². The second-order valence-corrected chi connectivity index (χ2v) is 5.68. The summed E-state index contributed by atoms with van der Waals surface area (Å²) in [6, 6.07) is 8.23. The number of hydrogen-bond donors (Lipinski definition) is 0. The molecule has 2 heterocycles. The Morgan fingerprint density at radius 3 is 2.81 bits per heavy atom. The lowest BCUT2D eigenvalue weighted by Crippen LogP contribution is -2.21. The first-order valence-corrected chi connectivity index (χ1v) is 7.49. The number of aromatic nitrogens is 2. The normalized spacial score (nSPS) is 13.6. The van der Waals surface area contributed by atoms with Gasteiger partial charge in [0.25, 0.3) is 0 Å². The maximum atomic E-state index is 11.5. The third-order valence-electron chi connectivity index (χ3n) is 4.22. The fourth-order valence-corrected chi connectivity index (χ4v) is 2.94. The van der Waals surface area contributed by atoms with Crippen LogP contribution in [0.1, 0.15) is 41.2 Å². The van der Waals surface area contributed by atoms with Crippen LogP contribution in [0.5, 0.6) is 0 Å². The summed E-state index contributed by atoms with van der Waals surface area (Å²) in [4.78, 5) is 13.8. The first-order valence-electron chi connectivity index (χ1n) is 7.49. The molecule has 4 heteroatoms. The first kappa shape index (κ1) is 13.9. The first-order chi connectivity index (χ1) is 10.1. The van der Waals surface area contributed by atoms with E-state index in [4.69, 9.17) is 0 Å². The minimum absolute atomic E-state index is 0.135. The summed E-state index contributed by atoms with van der Waals surface area (Å²) in [5.74, 6) is 0.135. The molecule has 0 spiro atoms. The Bertz CT molecular complexity index is 687. The molecule has 0 amide bonds. The number of carbonyl (C=O) groups is 1. The zero-order valence-electron chi connectivity index (χ0n) is 12.9. The Hall–Kier alpha value is -2.10. The number of rotatable bonds is 4. The van der Waals surface area contributed by atoms with E-state index in [1.165, 1.54) is 16.9 Å². The minimum Gasteiger partial charge on any atom is -0.365 e. The molecule has 1 aromatic carbocycles. The molecule has 0 radical (unpaired) electrons. The Morgan fingerprint density at radius 1 is 1.33 bits per heavy atom. The van der Waals surface area contributed by atoms with Crippen LogP contribution in [0.25, 0.3) is 0 Å². The smallest absolute Gasteiger partial charge is 0.159 e. The predicted octanol–water partition coefficient (Wildman–Crippen LogP) is 2.75. The van der Waals surface area contributed by atoms with Crippen molar-refractivity contribution in [3.63, 3.8) is 0 Å². The third kappa shape index (κ3) is 2.58. The highest BCUT2D eigenvalue weighted by atomic mass is 16.1. The van der Waals surface area contributed by atoms with Gasteiger partial charge in [0.05, 0.1) is 17.9 Å². The number of aryl methyl sites for hydroxylation is 2. The molecule has 1 aliphatic heterocycles. The van der Waals surface area contributed by atoms with Gasteiger partial charge in [-0.3, -0.25) is 9.48 Å². The summed E-state index contributed by atoms with van der Waals surface area (Å²) in [7, 11) is 2.00. The van der Waals surface area contributed by atoms with Crippen LogP contribution in [0.4, 0.5) is 5.69 Å². The van der Waals surface area contributed by atoms with E-state index in [1.54, 1.807) is 6.92 Å². The number of ketones is 1. The van der Waals surface area contributed by atoms with Crippen molar-refractivity contribution >= 4 is 11.5 Å². The quantitative estimate of drug-likeness (QED) is 0.810. The molecule has 0 bridgehead atoms. The van der Waals surface area contributed by atoms with Gasteiger partial charge in [-0.1, -0.05) is 6.92 Å². The Kier molecular flexibility index (Phi) is 3.53. The Labute approximate surface area is 125 Å². The summed E-state index contributed by atoms with van der Waals surface area (Å²) < 4.78 is 1.97. The second-order valence-electron chi connectivity index (χ2n) is 5.68. The number of fused-ring (bicyclic) bond motifs is 1. The summed E-state index contributed by atoms with van der Waals surface area (Å²) in [5, 5.41) is 4.51. The van der Waals surface area contributed by atoms with Gasteiger partial charge >= 0.3 is 0 Å². The number of carbonyl (C=O) groups excluding carboxylic acids is 1. The number of anilines is 1. The molecule has 1 aromatic heterocycles. The molecule has 2 aromatic rings. The van der Waals surface area contributed by atoms with Gasteiger partial charge < -0.3 is 4.90 Å². The van der Waals surface area contributed by atoms with Crippen LogP contribution in [-0.2, 0) is 26.4 Å². The molecule has 1 aliphatic rings. The van der Waals surface area contributed by atoms with Gasteiger partial charge in [0.2, 0.25) is 0 Å². The van der Waals surface area contributed by atoms with Crippen molar-refractivity contribution in [3.05, 3.63) is 46.8 Å². The monoisotopic (exact) mass is 283 g/mol. The van der Waals surface area contributed by atoms with Crippen LogP contribution in [-0.4, -0.2) is 22.1 Å². The Balaban J connectivity index is 1.84. The molecule has 110 valence electrons. The molecule has 21 heavy (non-hydrogen) atoms. The van der Waals surface area contributed by atoms with Crippen LogP contribution in [0.3, 0.4) is 0 Å². The molecule has 0 saturated carbocycles. The van der Waals surface area contributed by atoms with Gasteiger partial charge in [-0.05, 0) is 49.6 Å². The SMILES string of the molecule is CCc1cc(CN2CCc3cc(C(C)=O)ccc32)n(C)n1. The maximum Gasteiger partial charge on any atom is 0.159 e. The maximum absolute atomic E-state index is 11.5. The largest absolute Gasteiger partial charge is 0.365 e. The van der Waals surface area contributed by atoms with E-state index in [-0.39, 0.29) is 5.78 Å². The molecule has 0 N–H and O–H groups in total. The summed E-state index contributed by atoms with van der Waals surface area (Å²) in [5.41, 5.74) is 5.71. The van der Waals surface area contributed by atoms with Gasteiger partial charge in [-0.25, -0.2) is 0 Å². The van der Waals surface area contributed by atoms with Gasteiger partial charge in [0.1, 0.15) is 0 Å². The molecule has 4 nitrogen and oxygen atoms in total. The van der Waals surface area contributed by atoms with E-state index in [1.807, 2.05) is 23.9 Å². The van der Waals surface area contributed by atoms with Crippen LogP contribution in [0, 0.1) is 0 Å². The number of nitrogens with zero attached hydrogens (tertiary/aromatic N) is 3. The van der Waals surface area contributed by atoms with Crippen molar-refractivity contribution in [1.29, 1.82) is 0 Å². The van der Waals surface area contributed by atoms with Gasteiger partial charge in [-0.15, -0.1) is 0 Å². The average molecular weight is 283 g/mol. The molecular formula is C17H21N3O. The van der Waals surface area contributed by atoms with E-state index in [0.717, 1.165) is 37.2 Å². The number of benzene rings is 1. The van der Waals surface area contributed by atoms with Gasteiger partial charge in [-0.2, -0.15) is 5.10 Å². The second kappa shape index (κ2) is 5.35. The summed E-state index contributed by atoms with van der Waals surface area (Å²) in [6.07, 6.45) is 1.97. The van der Waals surface area contributed by atoms with E-state index >= 15 is 0 Å². The van der Waals surface area contributed by atoms with Crippen LogP contribution in [0.2, 0.25) is 0 Å². The molecule has 0 fully saturated rings. The third-order valence-corrected chi connectivity index (χ3v) is 4.22. The van der Waals surface area contributed by atoms with Crippen molar-refractivity contribution in [3.8, 4) is 0 Å². The number of Topliss-reactive ketones (excluding diaryl/α,β-unsaturated/α-hetero) is 1. The Morgan fingerprint density at radius 2 is 2.14 bits per heavy atom. The molecular weight excluding hydrogens is 262 g/mol. The zero-order chi connectivity index (χ0) is 15.0. The average Bonchev–Trinajstić information content (AvgIpc) is 3.03. The summed E-state index contributed by atoms with van der Waals surface area (Å²) in [6.45, 7) is 5.62. The fourth-order valence-electron chi connectivity index (χ4n) is 2.94. The highest BCUT2D eigenvalue weighted by Crippen LogP contribution is 2.30. The standard InChI is InChI=1S/C17H21N3O/c1-4-15-10-16(19(3)18-15)11-20-8-7-14-9-13(12(2)21)5-6-17(14)20/h5-6,9-10H,4,7-8,11H2,1-3H3. The molecule has 3 rings (SSSR count). The van der Waals surface area contributed by atoms with Crippen molar-refractivity contribution in [1.82, 2.24) is 9.78 Å². The highest BCUT2D eigenvalue weighted by Gasteiger charge is 2.21. The van der Waals surface area contributed by atoms with Crippen LogP contribution in [0.15, 0.2) is 24.3 Å². The molecule has 0 unspecified atom stereocenters. The predicted molar refractivity (Wildman–Crippen MR) is 83.8 cm³/mol. The van der Waals surface area contributed by atoms with Gasteiger partial charge in [0.15, 0.2) is 5.78 Å². The molecule has 0 atom stereocenters. The van der Waals surface area contributed by atoms with E-state index in [9.17, 15) is 4.79 Å².